The average Bonchev–Trinajstić information content (AvgIpc) is 3.06. The standard InChI is InChI=1S/C15H19FO/c1-10-13(12-5-6-12)7-8-14(15(10)16)17-9-11-3-2-4-11/h7-8,11-12H,2-6,9H2,1H3. The van der Waals surface area contributed by atoms with Gasteiger partial charge in [-0.1, -0.05) is 12.5 Å². The van der Waals surface area contributed by atoms with Crippen molar-refractivity contribution < 1.29 is 9.13 Å². The maximum absolute atomic E-state index is 14.1. The van der Waals surface area contributed by atoms with E-state index in [0.717, 1.165) is 5.56 Å². The zero-order valence-electron chi connectivity index (χ0n) is 10.3. The highest BCUT2D eigenvalue weighted by molar-refractivity contribution is 5.40. The molecule has 0 saturated heterocycles. The molecular weight excluding hydrogens is 215 g/mol. The first kappa shape index (κ1) is 11.1. The van der Waals surface area contributed by atoms with Crippen molar-refractivity contribution in [3.05, 3.63) is 29.1 Å². The third-order valence-corrected chi connectivity index (χ3v) is 4.11. The predicted molar refractivity (Wildman–Crippen MR) is 65.9 cm³/mol. The van der Waals surface area contributed by atoms with E-state index in [2.05, 4.69) is 0 Å². The van der Waals surface area contributed by atoms with Crippen LogP contribution in [0.25, 0.3) is 0 Å². The third-order valence-electron chi connectivity index (χ3n) is 4.11. The molecule has 1 nitrogen and oxygen atoms in total. The van der Waals surface area contributed by atoms with Gasteiger partial charge in [0, 0.05) is 0 Å². The van der Waals surface area contributed by atoms with E-state index in [1.807, 2.05) is 19.1 Å². The van der Waals surface area contributed by atoms with Crippen LogP contribution >= 0.6 is 0 Å². The second kappa shape index (κ2) is 4.32. The van der Waals surface area contributed by atoms with Gasteiger partial charge >= 0.3 is 0 Å². The molecule has 2 fully saturated rings. The minimum atomic E-state index is -0.145. The van der Waals surface area contributed by atoms with Gasteiger partial charge in [0.1, 0.15) is 0 Å². The molecule has 3 rings (SSSR count). The van der Waals surface area contributed by atoms with E-state index in [9.17, 15) is 4.39 Å². The van der Waals surface area contributed by atoms with Crippen molar-refractivity contribution in [2.75, 3.05) is 6.61 Å². The molecule has 1 aromatic carbocycles. The van der Waals surface area contributed by atoms with E-state index in [0.29, 0.717) is 24.2 Å². The van der Waals surface area contributed by atoms with Crippen molar-refractivity contribution in [1.82, 2.24) is 0 Å². The van der Waals surface area contributed by atoms with Crippen LogP contribution in [-0.4, -0.2) is 6.61 Å². The Labute approximate surface area is 102 Å². The molecule has 0 unspecified atom stereocenters. The first-order chi connectivity index (χ1) is 8.25. The summed E-state index contributed by atoms with van der Waals surface area (Å²) in [5.41, 5.74) is 1.97. The fourth-order valence-corrected chi connectivity index (χ4v) is 2.49. The van der Waals surface area contributed by atoms with Gasteiger partial charge in [-0.15, -0.1) is 0 Å². The number of hydrogen-bond donors (Lipinski definition) is 0. The quantitative estimate of drug-likeness (QED) is 0.759. The lowest BCUT2D eigenvalue weighted by atomic mass is 9.86. The number of hydrogen-bond acceptors (Lipinski definition) is 1. The second-order valence-electron chi connectivity index (χ2n) is 5.47. The highest BCUT2D eigenvalue weighted by Crippen LogP contribution is 2.43. The fourth-order valence-electron chi connectivity index (χ4n) is 2.49. The smallest absolute Gasteiger partial charge is 0.168 e. The summed E-state index contributed by atoms with van der Waals surface area (Å²) >= 11 is 0. The van der Waals surface area contributed by atoms with Gasteiger partial charge < -0.3 is 4.74 Å². The zero-order valence-corrected chi connectivity index (χ0v) is 10.3. The average molecular weight is 234 g/mol. The highest BCUT2D eigenvalue weighted by atomic mass is 19.1. The Kier molecular flexibility index (Phi) is 2.81. The Morgan fingerprint density at radius 1 is 1.24 bits per heavy atom. The zero-order chi connectivity index (χ0) is 11.8. The predicted octanol–water partition coefficient (Wildman–Crippen LogP) is 4.19. The summed E-state index contributed by atoms with van der Waals surface area (Å²) in [5, 5.41) is 0. The van der Waals surface area contributed by atoms with E-state index in [4.69, 9.17) is 4.74 Å². The second-order valence-corrected chi connectivity index (χ2v) is 5.47. The number of ether oxygens (including phenoxy) is 1. The molecule has 2 saturated carbocycles. The minimum absolute atomic E-state index is 0.145. The van der Waals surface area contributed by atoms with Crippen molar-refractivity contribution in [3.8, 4) is 5.75 Å². The van der Waals surface area contributed by atoms with E-state index < -0.39 is 0 Å². The van der Waals surface area contributed by atoms with Crippen LogP contribution in [0.2, 0.25) is 0 Å². The van der Waals surface area contributed by atoms with Gasteiger partial charge in [0.2, 0.25) is 0 Å². The van der Waals surface area contributed by atoms with Gasteiger partial charge in [0.15, 0.2) is 11.6 Å². The van der Waals surface area contributed by atoms with Gasteiger partial charge in [0.05, 0.1) is 6.61 Å². The molecule has 0 atom stereocenters. The van der Waals surface area contributed by atoms with Crippen LogP contribution in [0.15, 0.2) is 12.1 Å². The van der Waals surface area contributed by atoms with Gasteiger partial charge in [0.25, 0.3) is 0 Å². The highest BCUT2D eigenvalue weighted by Gasteiger charge is 2.27. The molecule has 0 radical (unpaired) electrons. The van der Waals surface area contributed by atoms with Crippen molar-refractivity contribution in [3.63, 3.8) is 0 Å². The van der Waals surface area contributed by atoms with Crippen LogP contribution in [-0.2, 0) is 0 Å². The molecule has 0 bridgehead atoms. The molecule has 0 amide bonds. The molecule has 0 N–H and O–H groups in total. The summed E-state index contributed by atoms with van der Waals surface area (Å²) < 4.78 is 19.7. The van der Waals surface area contributed by atoms with Gasteiger partial charge in [-0.05, 0) is 61.6 Å². The molecule has 0 aromatic heterocycles. The van der Waals surface area contributed by atoms with E-state index in [1.54, 1.807) is 0 Å². The first-order valence-electron chi connectivity index (χ1n) is 6.67. The number of benzene rings is 1. The summed E-state index contributed by atoms with van der Waals surface area (Å²) in [5.74, 6) is 1.55. The Hall–Kier alpha value is -1.05. The van der Waals surface area contributed by atoms with Crippen molar-refractivity contribution in [2.45, 2.75) is 44.9 Å². The molecular formula is C15H19FO. The van der Waals surface area contributed by atoms with Crippen molar-refractivity contribution in [1.29, 1.82) is 0 Å². The molecule has 0 spiro atoms. The van der Waals surface area contributed by atoms with Crippen LogP contribution in [0.1, 0.15) is 49.1 Å². The maximum Gasteiger partial charge on any atom is 0.168 e. The largest absolute Gasteiger partial charge is 0.490 e. The Morgan fingerprint density at radius 2 is 2.00 bits per heavy atom. The van der Waals surface area contributed by atoms with Crippen LogP contribution in [0.5, 0.6) is 5.75 Å². The Balaban J connectivity index is 1.72. The Bertz CT molecular complexity index is 419. The lowest BCUT2D eigenvalue weighted by Crippen LogP contribution is -2.19. The fraction of sp³-hybridized carbons (Fsp3) is 0.600. The van der Waals surface area contributed by atoms with Crippen molar-refractivity contribution in [2.24, 2.45) is 5.92 Å². The van der Waals surface area contributed by atoms with Crippen LogP contribution in [0, 0.1) is 18.7 Å². The molecule has 1 aromatic rings. The first-order valence-corrected chi connectivity index (χ1v) is 6.67. The van der Waals surface area contributed by atoms with E-state index in [1.165, 1.54) is 37.7 Å². The molecule has 17 heavy (non-hydrogen) atoms. The topological polar surface area (TPSA) is 9.23 Å². The molecule has 2 aliphatic carbocycles. The third kappa shape index (κ3) is 2.18. The van der Waals surface area contributed by atoms with E-state index >= 15 is 0 Å². The van der Waals surface area contributed by atoms with Crippen LogP contribution < -0.4 is 4.74 Å². The Morgan fingerprint density at radius 3 is 2.59 bits per heavy atom. The van der Waals surface area contributed by atoms with Gasteiger partial charge in [-0.2, -0.15) is 0 Å². The summed E-state index contributed by atoms with van der Waals surface area (Å²) in [6.45, 7) is 2.55. The molecule has 0 heterocycles. The summed E-state index contributed by atoms with van der Waals surface area (Å²) in [4.78, 5) is 0. The summed E-state index contributed by atoms with van der Waals surface area (Å²) in [7, 11) is 0. The maximum atomic E-state index is 14.1. The lowest BCUT2D eigenvalue weighted by molar-refractivity contribution is 0.175. The van der Waals surface area contributed by atoms with Crippen LogP contribution in [0.4, 0.5) is 4.39 Å². The summed E-state index contributed by atoms with van der Waals surface area (Å²) in [6, 6.07) is 3.86. The van der Waals surface area contributed by atoms with Crippen LogP contribution in [0.3, 0.4) is 0 Å². The molecule has 0 aliphatic heterocycles. The van der Waals surface area contributed by atoms with Gasteiger partial charge in [-0.25, -0.2) is 4.39 Å². The monoisotopic (exact) mass is 234 g/mol. The number of rotatable bonds is 4. The number of halogens is 1. The minimum Gasteiger partial charge on any atom is -0.490 e. The van der Waals surface area contributed by atoms with Crippen molar-refractivity contribution >= 4 is 0 Å². The lowest BCUT2D eigenvalue weighted by Gasteiger charge is -2.25. The van der Waals surface area contributed by atoms with Gasteiger partial charge in [-0.3, -0.25) is 0 Å². The molecule has 2 heteroatoms. The summed E-state index contributed by atoms with van der Waals surface area (Å²) in [6.07, 6.45) is 6.20. The molecule has 92 valence electrons. The van der Waals surface area contributed by atoms with E-state index in [-0.39, 0.29) is 5.82 Å². The molecule has 2 aliphatic rings. The normalized spacial score (nSPS) is 20.1. The SMILES string of the molecule is Cc1c(C2CC2)ccc(OCC2CCC2)c1F.